The Balaban J connectivity index is 1.50. The van der Waals surface area contributed by atoms with Gasteiger partial charge in [-0.25, -0.2) is 15.0 Å². The van der Waals surface area contributed by atoms with Crippen molar-refractivity contribution in [3.05, 3.63) is 35.0 Å². The van der Waals surface area contributed by atoms with Crippen LogP contribution in [-0.4, -0.2) is 45.0 Å². The molecule has 20 heavy (non-hydrogen) atoms. The van der Waals surface area contributed by atoms with Gasteiger partial charge >= 0.3 is 0 Å². The van der Waals surface area contributed by atoms with Crippen molar-refractivity contribution < 1.29 is 0 Å². The summed E-state index contributed by atoms with van der Waals surface area (Å²) in [4.78, 5) is 18.2. The number of rotatable bonds is 3. The molecule has 2 aliphatic rings. The highest BCUT2D eigenvalue weighted by Crippen LogP contribution is 2.34. The summed E-state index contributed by atoms with van der Waals surface area (Å²) in [5, 5.41) is 3.28. The third-order valence-corrected chi connectivity index (χ3v) is 5.09. The summed E-state index contributed by atoms with van der Waals surface area (Å²) in [6.07, 6.45) is 7.96. The first-order valence-corrected chi connectivity index (χ1v) is 7.96. The molecular weight excluding hydrogens is 270 g/mol. The van der Waals surface area contributed by atoms with Crippen molar-refractivity contribution >= 4 is 17.3 Å². The molecule has 0 bridgehead atoms. The number of anilines is 1. The second kappa shape index (κ2) is 5.10. The number of thiazole rings is 1. The van der Waals surface area contributed by atoms with Crippen molar-refractivity contribution in [1.29, 1.82) is 0 Å². The van der Waals surface area contributed by atoms with Crippen molar-refractivity contribution in [2.75, 3.05) is 18.0 Å². The SMILES string of the molecule is c1cnc(N2CC[C@H]3[C@H]2CCN3Cc2nccs2)nc1. The average Bonchev–Trinajstić information content (AvgIpc) is 3.19. The molecule has 2 fully saturated rings. The first kappa shape index (κ1) is 12.2. The molecule has 2 aliphatic heterocycles. The molecule has 0 aliphatic carbocycles. The normalized spacial score (nSPS) is 26.1. The maximum Gasteiger partial charge on any atom is 0.225 e. The summed E-state index contributed by atoms with van der Waals surface area (Å²) in [6.45, 7) is 3.20. The van der Waals surface area contributed by atoms with Gasteiger partial charge in [0.15, 0.2) is 0 Å². The fourth-order valence-corrected chi connectivity index (χ4v) is 4.11. The molecule has 0 spiro atoms. The monoisotopic (exact) mass is 287 g/mol. The lowest BCUT2D eigenvalue weighted by atomic mass is 10.1. The second-order valence-electron chi connectivity index (χ2n) is 5.35. The number of nitrogens with zero attached hydrogens (tertiary/aromatic N) is 5. The smallest absolute Gasteiger partial charge is 0.225 e. The Morgan fingerprint density at radius 1 is 1.05 bits per heavy atom. The van der Waals surface area contributed by atoms with Gasteiger partial charge in [0.25, 0.3) is 0 Å². The number of aromatic nitrogens is 3. The summed E-state index contributed by atoms with van der Waals surface area (Å²) in [5.74, 6) is 0.885. The fourth-order valence-electron chi connectivity index (χ4n) is 3.46. The molecule has 104 valence electrons. The van der Waals surface area contributed by atoms with Crippen LogP contribution in [0, 0.1) is 0 Å². The van der Waals surface area contributed by atoms with Gasteiger partial charge in [0.1, 0.15) is 5.01 Å². The van der Waals surface area contributed by atoms with Crippen LogP contribution in [0.15, 0.2) is 30.0 Å². The molecule has 0 amide bonds. The third kappa shape index (κ3) is 2.09. The Labute approximate surface area is 122 Å². The van der Waals surface area contributed by atoms with Gasteiger partial charge < -0.3 is 4.90 Å². The Bertz CT molecular complexity index is 558. The van der Waals surface area contributed by atoms with E-state index in [2.05, 4.69) is 30.1 Å². The van der Waals surface area contributed by atoms with Crippen LogP contribution in [-0.2, 0) is 6.54 Å². The standard InChI is InChI=1S/C14H17N5S/c1-4-16-14(17-5-1)19-8-3-11-12(19)2-7-18(11)10-13-15-6-9-20-13/h1,4-6,9,11-12H,2-3,7-8,10H2/t11-,12+/m0/s1. The zero-order valence-corrected chi connectivity index (χ0v) is 12.0. The van der Waals surface area contributed by atoms with Crippen molar-refractivity contribution in [1.82, 2.24) is 19.9 Å². The molecule has 0 radical (unpaired) electrons. The Kier molecular flexibility index (Phi) is 3.12. The van der Waals surface area contributed by atoms with Crippen molar-refractivity contribution in [2.45, 2.75) is 31.5 Å². The van der Waals surface area contributed by atoms with Gasteiger partial charge in [0.2, 0.25) is 5.95 Å². The quantitative estimate of drug-likeness (QED) is 0.861. The molecule has 5 nitrogen and oxygen atoms in total. The molecule has 0 aromatic carbocycles. The number of fused-ring (bicyclic) bond motifs is 1. The lowest BCUT2D eigenvalue weighted by molar-refractivity contribution is 0.245. The number of likely N-dealkylation sites (tertiary alicyclic amines) is 1. The van der Waals surface area contributed by atoms with E-state index in [1.807, 2.05) is 24.7 Å². The van der Waals surface area contributed by atoms with Crippen molar-refractivity contribution in [3.63, 3.8) is 0 Å². The first-order valence-electron chi connectivity index (χ1n) is 7.08. The highest BCUT2D eigenvalue weighted by molar-refractivity contribution is 7.09. The van der Waals surface area contributed by atoms with Gasteiger partial charge in [0.05, 0.1) is 6.54 Å². The molecular formula is C14H17N5S. The van der Waals surface area contributed by atoms with E-state index in [1.165, 1.54) is 17.8 Å². The van der Waals surface area contributed by atoms with E-state index in [0.29, 0.717) is 12.1 Å². The van der Waals surface area contributed by atoms with Gasteiger partial charge in [-0.1, -0.05) is 0 Å². The predicted molar refractivity (Wildman–Crippen MR) is 78.7 cm³/mol. The zero-order chi connectivity index (χ0) is 13.4. The molecule has 0 N–H and O–H groups in total. The molecule has 4 heterocycles. The third-order valence-electron chi connectivity index (χ3n) is 4.32. The van der Waals surface area contributed by atoms with Crippen LogP contribution in [0.3, 0.4) is 0 Å². The lowest BCUT2D eigenvalue weighted by Crippen LogP contribution is -2.36. The predicted octanol–water partition coefficient (Wildman–Crippen LogP) is 1.79. The van der Waals surface area contributed by atoms with E-state index in [4.69, 9.17) is 0 Å². The minimum Gasteiger partial charge on any atom is -0.336 e. The summed E-state index contributed by atoms with van der Waals surface area (Å²) >= 11 is 1.75. The molecule has 6 heteroatoms. The minimum atomic E-state index is 0.567. The molecule has 4 rings (SSSR count). The first-order chi connectivity index (χ1) is 9.92. The van der Waals surface area contributed by atoms with Crippen molar-refractivity contribution in [2.24, 2.45) is 0 Å². The summed E-state index contributed by atoms with van der Waals surface area (Å²) in [5.41, 5.74) is 0. The molecule has 0 saturated carbocycles. The fraction of sp³-hybridized carbons (Fsp3) is 0.500. The molecule has 2 aromatic heterocycles. The van der Waals surface area contributed by atoms with Crippen LogP contribution >= 0.6 is 11.3 Å². The molecule has 2 atom stereocenters. The molecule has 2 aromatic rings. The van der Waals surface area contributed by atoms with E-state index in [1.54, 1.807) is 11.3 Å². The topological polar surface area (TPSA) is 45.2 Å². The maximum absolute atomic E-state index is 4.41. The van der Waals surface area contributed by atoms with Crippen LogP contribution in [0.4, 0.5) is 5.95 Å². The van der Waals surface area contributed by atoms with Gasteiger partial charge in [-0.05, 0) is 18.9 Å². The Hall–Kier alpha value is -1.53. The van der Waals surface area contributed by atoms with Crippen LogP contribution in [0.5, 0.6) is 0 Å². The molecule has 0 unspecified atom stereocenters. The van der Waals surface area contributed by atoms with E-state index in [9.17, 15) is 0 Å². The highest BCUT2D eigenvalue weighted by Gasteiger charge is 2.43. The van der Waals surface area contributed by atoms with Crippen LogP contribution in [0.1, 0.15) is 17.8 Å². The largest absolute Gasteiger partial charge is 0.336 e. The van der Waals surface area contributed by atoms with Crippen molar-refractivity contribution in [3.8, 4) is 0 Å². The van der Waals surface area contributed by atoms with Crippen LogP contribution in [0.25, 0.3) is 0 Å². The van der Waals surface area contributed by atoms with Gasteiger partial charge in [-0.2, -0.15) is 0 Å². The Morgan fingerprint density at radius 3 is 2.70 bits per heavy atom. The summed E-state index contributed by atoms with van der Waals surface area (Å²) < 4.78 is 0. The average molecular weight is 287 g/mol. The van der Waals surface area contributed by atoms with Gasteiger partial charge in [-0.3, -0.25) is 4.90 Å². The summed E-state index contributed by atoms with van der Waals surface area (Å²) in [6, 6.07) is 3.07. The summed E-state index contributed by atoms with van der Waals surface area (Å²) in [7, 11) is 0. The van der Waals surface area contributed by atoms with E-state index < -0.39 is 0 Å². The second-order valence-corrected chi connectivity index (χ2v) is 6.33. The van der Waals surface area contributed by atoms with Crippen LogP contribution < -0.4 is 4.90 Å². The van der Waals surface area contributed by atoms with E-state index in [0.717, 1.165) is 25.6 Å². The Morgan fingerprint density at radius 2 is 1.90 bits per heavy atom. The zero-order valence-electron chi connectivity index (χ0n) is 11.2. The van der Waals surface area contributed by atoms with Crippen LogP contribution in [0.2, 0.25) is 0 Å². The van der Waals surface area contributed by atoms with Gasteiger partial charge in [-0.15, -0.1) is 11.3 Å². The lowest BCUT2D eigenvalue weighted by Gasteiger charge is -2.25. The van der Waals surface area contributed by atoms with E-state index >= 15 is 0 Å². The number of hydrogen-bond donors (Lipinski definition) is 0. The molecule has 2 saturated heterocycles. The minimum absolute atomic E-state index is 0.567. The number of hydrogen-bond acceptors (Lipinski definition) is 6. The highest BCUT2D eigenvalue weighted by atomic mass is 32.1. The van der Waals surface area contributed by atoms with Gasteiger partial charge in [0, 0.05) is 49.1 Å². The maximum atomic E-state index is 4.41. The van der Waals surface area contributed by atoms with E-state index in [-0.39, 0.29) is 0 Å².